The number of rotatable bonds is 6. The fraction of sp³-hybridized carbons (Fsp3) is 0.400. The molecule has 2 aromatic heterocycles. The first-order chi connectivity index (χ1) is 18.0. The van der Waals surface area contributed by atoms with E-state index in [-0.39, 0.29) is 44.3 Å². The van der Waals surface area contributed by atoms with Gasteiger partial charge >= 0.3 is 0 Å². The molecule has 0 unspecified atom stereocenters. The lowest BCUT2D eigenvalue weighted by Crippen LogP contribution is -2.46. The van der Waals surface area contributed by atoms with Gasteiger partial charge in [-0.3, -0.25) is 14.1 Å². The molecule has 5 rings (SSSR count). The molecule has 1 aliphatic carbocycles. The molecule has 0 bridgehead atoms. The van der Waals surface area contributed by atoms with Crippen LogP contribution in [-0.2, 0) is 23.5 Å². The van der Waals surface area contributed by atoms with Crippen LogP contribution in [0, 0.1) is 5.41 Å². The Morgan fingerprint density at radius 2 is 1.95 bits per heavy atom. The summed E-state index contributed by atoms with van der Waals surface area (Å²) in [6, 6.07) is 9.98. The van der Waals surface area contributed by atoms with Crippen molar-refractivity contribution in [3.8, 4) is 0 Å². The van der Waals surface area contributed by atoms with Crippen molar-refractivity contribution < 1.29 is 8.42 Å². The Hall–Kier alpha value is -2.80. The molecule has 1 spiro atoms. The number of hydrogen-bond donors (Lipinski definition) is 3. The van der Waals surface area contributed by atoms with Gasteiger partial charge in [-0.2, -0.15) is 4.98 Å². The molecule has 1 aliphatic heterocycles. The molecule has 1 aromatic carbocycles. The minimum Gasteiger partial charge on any atom is -0.382 e. The van der Waals surface area contributed by atoms with Crippen LogP contribution < -0.4 is 26.6 Å². The zero-order valence-corrected chi connectivity index (χ0v) is 23.5. The summed E-state index contributed by atoms with van der Waals surface area (Å²) in [5.41, 5.74) is 15.3. The Morgan fingerprint density at radius 1 is 1.24 bits per heavy atom. The van der Waals surface area contributed by atoms with Gasteiger partial charge < -0.3 is 16.4 Å². The van der Waals surface area contributed by atoms with Crippen LogP contribution in [0.3, 0.4) is 0 Å². The van der Waals surface area contributed by atoms with Crippen molar-refractivity contribution in [1.29, 1.82) is 0 Å². The third kappa shape index (κ3) is 4.74. The molecule has 3 aromatic rings. The van der Waals surface area contributed by atoms with E-state index in [1.165, 1.54) is 28.8 Å². The lowest BCUT2D eigenvalue weighted by molar-refractivity contribution is 0.186. The summed E-state index contributed by atoms with van der Waals surface area (Å²) in [6.07, 6.45) is 4.15. The van der Waals surface area contributed by atoms with Gasteiger partial charge in [0.1, 0.15) is 10.7 Å². The molecule has 2 aliphatic rings. The van der Waals surface area contributed by atoms with Gasteiger partial charge in [-0.15, -0.1) is 0 Å². The van der Waals surface area contributed by atoms with Gasteiger partial charge in [-0.25, -0.2) is 13.4 Å². The maximum absolute atomic E-state index is 13.4. The highest BCUT2D eigenvalue weighted by molar-refractivity contribution is 7.99. The fourth-order valence-electron chi connectivity index (χ4n) is 5.33. The van der Waals surface area contributed by atoms with Crippen molar-refractivity contribution in [3.63, 3.8) is 0 Å². The smallest absolute Gasteiger partial charge is 0.270 e. The van der Waals surface area contributed by atoms with E-state index in [1.54, 1.807) is 13.1 Å². The normalized spacial score (nSPS) is 18.5. The number of sulfonamides is 1. The molecule has 0 radical (unpaired) electrons. The molecule has 13 heteroatoms. The Morgan fingerprint density at radius 3 is 2.63 bits per heavy atom. The Kier molecular flexibility index (Phi) is 7.10. The van der Waals surface area contributed by atoms with E-state index in [9.17, 15) is 13.2 Å². The summed E-state index contributed by atoms with van der Waals surface area (Å²) in [7, 11) is -1.90. The van der Waals surface area contributed by atoms with E-state index in [0.29, 0.717) is 23.9 Å². The van der Waals surface area contributed by atoms with E-state index in [4.69, 9.17) is 23.1 Å². The van der Waals surface area contributed by atoms with Crippen LogP contribution >= 0.6 is 23.4 Å². The van der Waals surface area contributed by atoms with Gasteiger partial charge in [0.2, 0.25) is 16.0 Å². The molecule has 5 N–H and O–H groups in total. The lowest BCUT2D eigenvalue weighted by Gasteiger charge is -2.42. The first-order valence-electron chi connectivity index (χ1n) is 12.3. The standard InChI is InChI=1S/C25H30ClN7O3S2/c1-3-38(35,36)31-22-18(26)17(8-11-29-22)37-19-21(28)30-24(32(2)23(19)34)33-12-9-25(10-13-33)14-15-6-4-5-7-16(15)20(25)27/h4-8,11,20H,3,9-10,12-14,27-28H2,1-2H3,(H,29,31)/t20-/m1/s1. The zero-order valence-electron chi connectivity index (χ0n) is 21.1. The third-order valence-corrected chi connectivity index (χ3v) is 10.5. The van der Waals surface area contributed by atoms with Crippen molar-refractivity contribution in [2.45, 2.75) is 42.0 Å². The average Bonchev–Trinajstić information content (AvgIpc) is 3.17. The number of nitrogen functional groups attached to an aromatic ring is 1. The Labute approximate surface area is 230 Å². The molecule has 0 saturated carbocycles. The third-order valence-electron chi connectivity index (χ3n) is 7.58. The number of fused-ring (bicyclic) bond motifs is 1. The number of halogens is 1. The fourth-order valence-corrected chi connectivity index (χ4v) is 7.16. The first kappa shape index (κ1) is 26.8. The molecular weight excluding hydrogens is 546 g/mol. The predicted molar refractivity (Wildman–Crippen MR) is 151 cm³/mol. The second kappa shape index (κ2) is 10.1. The molecule has 1 atom stereocenters. The maximum Gasteiger partial charge on any atom is 0.270 e. The van der Waals surface area contributed by atoms with E-state index in [1.807, 2.05) is 6.07 Å². The number of nitrogens with two attached hydrogens (primary N) is 2. The second-order valence-corrected chi connectivity index (χ2v) is 13.2. The second-order valence-electron chi connectivity index (χ2n) is 9.77. The number of pyridine rings is 1. The van der Waals surface area contributed by atoms with Gasteiger partial charge in [0.05, 0.1) is 10.8 Å². The molecule has 10 nitrogen and oxygen atoms in total. The maximum atomic E-state index is 13.4. The molecule has 0 amide bonds. The largest absolute Gasteiger partial charge is 0.382 e. The van der Waals surface area contributed by atoms with E-state index < -0.39 is 10.0 Å². The SMILES string of the molecule is CCS(=O)(=O)Nc1nccc(Sc2c(N)nc(N3CCC4(CC3)Cc3ccccc3[C@H]4N)n(C)c2=O)c1Cl. The van der Waals surface area contributed by atoms with E-state index >= 15 is 0 Å². The molecule has 1 saturated heterocycles. The van der Waals surface area contributed by atoms with Crippen molar-refractivity contribution in [2.75, 3.05) is 34.2 Å². The summed E-state index contributed by atoms with van der Waals surface area (Å²) in [6.45, 7) is 2.94. The highest BCUT2D eigenvalue weighted by atomic mass is 35.5. The summed E-state index contributed by atoms with van der Waals surface area (Å²) in [5.74, 6) is 0.459. The number of nitrogens with zero attached hydrogens (tertiary/aromatic N) is 4. The minimum absolute atomic E-state index is 0.00159. The molecule has 1 fully saturated rings. The number of aromatic nitrogens is 3. The highest BCUT2D eigenvalue weighted by Crippen LogP contribution is 2.51. The number of hydrogen-bond acceptors (Lipinski definition) is 9. The van der Waals surface area contributed by atoms with E-state index in [0.717, 1.165) is 31.0 Å². The van der Waals surface area contributed by atoms with Gasteiger partial charge in [0.15, 0.2) is 5.82 Å². The number of piperidine rings is 1. The topological polar surface area (TPSA) is 149 Å². The Bertz CT molecular complexity index is 1550. The summed E-state index contributed by atoms with van der Waals surface area (Å²) < 4.78 is 27.8. The molecular formula is C25H30ClN7O3S2. The Balaban J connectivity index is 1.36. The van der Waals surface area contributed by atoms with Crippen LogP contribution in [0.25, 0.3) is 0 Å². The molecule has 202 valence electrons. The monoisotopic (exact) mass is 575 g/mol. The van der Waals surface area contributed by atoms with Gasteiger partial charge in [0, 0.05) is 37.3 Å². The van der Waals surface area contributed by atoms with Crippen LogP contribution in [0.2, 0.25) is 5.02 Å². The van der Waals surface area contributed by atoms with Crippen LogP contribution in [0.1, 0.15) is 36.9 Å². The van der Waals surface area contributed by atoms with Crippen LogP contribution in [0.5, 0.6) is 0 Å². The summed E-state index contributed by atoms with van der Waals surface area (Å²) in [4.78, 5) is 24.7. The van der Waals surface area contributed by atoms with Crippen LogP contribution in [-0.4, -0.2) is 41.8 Å². The van der Waals surface area contributed by atoms with Crippen molar-refractivity contribution >= 4 is 51.0 Å². The van der Waals surface area contributed by atoms with Gasteiger partial charge in [0.25, 0.3) is 5.56 Å². The zero-order chi connectivity index (χ0) is 27.2. The van der Waals surface area contributed by atoms with Crippen LogP contribution in [0.4, 0.5) is 17.6 Å². The van der Waals surface area contributed by atoms with Crippen molar-refractivity contribution in [1.82, 2.24) is 14.5 Å². The first-order valence-corrected chi connectivity index (χ1v) is 15.2. The number of benzene rings is 1. The van der Waals surface area contributed by atoms with Crippen LogP contribution in [0.15, 0.2) is 51.1 Å². The number of nitrogens with one attached hydrogen (secondary N) is 1. The summed E-state index contributed by atoms with van der Waals surface area (Å²) in [5, 5.41) is 0.0790. The lowest BCUT2D eigenvalue weighted by atomic mass is 9.73. The van der Waals surface area contributed by atoms with Crippen molar-refractivity contribution in [3.05, 3.63) is 63.0 Å². The molecule has 3 heterocycles. The minimum atomic E-state index is -3.58. The summed E-state index contributed by atoms with van der Waals surface area (Å²) >= 11 is 7.46. The van der Waals surface area contributed by atoms with E-state index in [2.05, 4.69) is 37.8 Å². The number of anilines is 3. The average molecular weight is 576 g/mol. The van der Waals surface area contributed by atoms with Gasteiger partial charge in [-0.1, -0.05) is 47.6 Å². The molecule has 38 heavy (non-hydrogen) atoms. The highest BCUT2D eigenvalue weighted by Gasteiger charge is 2.46. The predicted octanol–water partition coefficient (Wildman–Crippen LogP) is 3.17. The van der Waals surface area contributed by atoms with Crippen molar-refractivity contribution in [2.24, 2.45) is 18.2 Å². The quantitative estimate of drug-likeness (QED) is 0.403. The van der Waals surface area contributed by atoms with Gasteiger partial charge in [-0.05, 0) is 48.8 Å².